The number of nitrogens with zero attached hydrogens (tertiary/aromatic N) is 1. The molecule has 1 aromatic heterocycles. The maximum absolute atomic E-state index is 12.9. The van der Waals surface area contributed by atoms with Crippen LogP contribution in [0.2, 0.25) is 0 Å². The Balaban J connectivity index is 2.07. The monoisotopic (exact) mass is 274 g/mol. The van der Waals surface area contributed by atoms with E-state index in [0.29, 0.717) is 0 Å². The van der Waals surface area contributed by atoms with Gasteiger partial charge in [0.1, 0.15) is 0 Å². The van der Waals surface area contributed by atoms with Crippen LogP contribution < -0.4 is 4.57 Å². The van der Waals surface area contributed by atoms with E-state index >= 15 is 0 Å². The molecule has 0 aliphatic carbocycles. The lowest BCUT2D eigenvalue weighted by Crippen LogP contribution is -2.44. The van der Waals surface area contributed by atoms with Gasteiger partial charge in [0.25, 0.3) is 0 Å². The molecule has 0 amide bonds. The number of carbonyl (C=O) groups excluding carboxylic acids is 1. The van der Waals surface area contributed by atoms with E-state index in [0.717, 1.165) is 11.1 Å². The lowest BCUT2D eigenvalue weighted by Gasteiger charge is -2.12. The second-order valence-corrected chi connectivity index (χ2v) is 4.87. The molecular weight excluding hydrogens is 258 g/mol. The predicted octanol–water partition coefficient (Wildman–Crippen LogP) is 3.45. The number of rotatable bonds is 4. The number of carbonyl (C=O) groups is 1. The Labute approximate surface area is 124 Å². The van der Waals surface area contributed by atoms with Gasteiger partial charge in [0.15, 0.2) is 12.4 Å². The average molecular weight is 274 g/mol. The van der Waals surface area contributed by atoms with Gasteiger partial charge in [-0.2, -0.15) is 4.57 Å². The minimum absolute atomic E-state index is 0.0954. The van der Waals surface area contributed by atoms with Crippen LogP contribution in [0, 0.1) is 0 Å². The Hall–Kier alpha value is -2.74. The van der Waals surface area contributed by atoms with Crippen molar-refractivity contribution in [3.63, 3.8) is 0 Å². The maximum atomic E-state index is 12.9. The zero-order valence-corrected chi connectivity index (χ0v) is 11.6. The molecule has 0 radical (unpaired) electrons. The molecule has 1 heterocycles. The summed E-state index contributed by atoms with van der Waals surface area (Å²) in [6, 6.07) is 24.8. The summed E-state index contributed by atoms with van der Waals surface area (Å²) in [5.41, 5.74) is 1.71. The predicted molar refractivity (Wildman–Crippen MR) is 82.0 cm³/mol. The number of aromatic nitrogens is 1. The van der Waals surface area contributed by atoms with Gasteiger partial charge < -0.3 is 0 Å². The van der Waals surface area contributed by atoms with Crippen LogP contribution in [0.25, 0.3) is 0 Å². The Morgan fingerprint density at radius 1 is 0.714 bits per heavy atom. The second-order valence-electron chi connectivity index (χ2n) is 4.87. The molecule has 3 rings (SSSR count). The van der Waals surface area contributed by atoms with Crippen LogP contribution in [-0.4, -0.2) is 5.78 Å². The Kier molecular flexibility index (Phi) is 3.88. The van der Waals surface area contributed by atoms with Gasteiger partial charge in [-0.1, -0.05) is 66.7 Å². The van der Waals surface area contributed by atoms with Gasteiger partial charge in [-0.05, 0) is 0 Å². The molecule has 102 valence electrons. The molecule has 0 fully saturated rings. The molecule has 0 saturated heterocycles. The molecule has 1 atom stereocenters. The molecule has 1 unspecified atom stereocenters. The van der Waals surface area contributed by atoms with Crippen LogP contribution in [0.3, 0.4) is 0 Å². The van der Waals surface area contributed by atoms with Crippen LogP contribution in [0.4, 0.5) is 0 Å². The lowest BCUT2D eigenvalue weighted by molar-refractivity contribution is -0.699. The van der Waals surface area contributed by atoms with Crippen molar-refractivity contribution in [2.24, 2.45) is 0 Å². The molecule has 0 bridgehead atoms. The Bertz CT molecular complexity index is 669. The summed E-state index contributed by atoms with van der Waals surface area (Å²) in [7, 11) is 0. The largest absolute Gasteiger partial charge is 0.286 e. The van der Waals surface area contributed by atoms with Gasteiger partial charge >= 0.3 is 0 Å². The summed E-state index contributed by atoms with van der Waals surface area (Å²) in [6.07, 6.45) is 3.86. The molecule has 2 aromatic carbocycles. The Morgan fingerprint density at radius 3 is 1.86 bits per heavy atom. The smallest absolute Gasteiger partial charge is 0.245 e. The number of hydrogen-bond donors (Lipinski definition) is 0. The first kappa shape index (κ1) is 13.3. The maximum Gasteiger partial charge on any atom is 0.245 e. The fourth-order valence-electron chi connectivity index (χ4n) is 2.44. The van der Waals surface area contributed by atoms with E-state index in [9.17, 15) is 4.79 Å². The molecule has 21 heavy (non-hydrogen) atoms. The van der Waals surface area contributed by atoms with Gasteiger partial charge in [0, 0.05) is 23.3 Å². The molecule has 2 nitrogen and oxygen atoms in total. The fraction of sp³-hybridized carbons (Fsp3) is 0.0526. The standard InChI is InChI=1S/C19H16NO/c21-19(17-12-6-2-7-13-17)18(16-10-4-1-5-11-16)20-14-8-3-9-15-20/h1-15,18H/q+1. The summed E-state index contributed by atoms with van der Waals surface area (Å²) in [5, 5.41) is 0. The first-order valence-corrected chi connectivity index (χ1v) is 6.96. The number of Topliss-reactive ketones (excluding diaryl/α,β-unsaturated/α-hetero) is 1. The van der Waals surface area contributed by atoms with Gasteiger partial charge in [-0.15, -0.1) is 0 Å². The van der Waals surface area contributed by atoms with E-state index in [1.54, 1.807) is 0 Å². The SMILES string of the molecule is O=C(c1ccccc1)C(c1ccccc1)[n+]1ccccc1. The van der Waals surface area contributed by atoms with E-state index in [-0.39, 0.29) is 11.8 Å². The zero-order valence-electron chi connectivity index (χ0n) is 11.6. The molecule has 0 spiro atoms. The molecule has 0 saturated carbocycles. The van der Waals surface area contributed by atoms with Gasteiger partial charge in [0.2, 0.25) is 11.8 Å². The highest BCUT2D eigenvalue weighted by molar-refractivity contribution is 5.99. The van der Waals surface area contributed by atoms with Crippen molar-refractivity contribution in [1.29, 1.82) is 0 Å². The highest BCUT2D eigenvalue weighted by Crippen LogP contribution is 2.18. The molecule has 0 aliphatic rings. The van der Waals surface area contributed by atoms with Crippen molar-refractivity contribution in [3.05, 3.63) is 102 Å². The Morgan fingerprint density at radius 2 is 1.24 bits per heavy atom. The minimum Gasteiger partial charge on any atom is -0.286 e. The summed E-state index contributed by atoms with van der Waals surface area (Å²) in [4.78, 5) is 12.9. The number of benzene rings is 2. The number of pyridine rings is 1. The van der Waals surface area contributed by atoms with E-state index in [2.05, 4.69) is 0 Å². The third-order valence-corrected chi connectivity index (χ3v) is 3.46. The van der Waals surface area contributed by atoms with Gasteiger partial charge in [0.05, 0.1) is 0 Å². The number of ketones is 1. The van der Waals surface area contributed by atoms with Crippen molar-refractivity contribution >= 4 is 5.78 Å². The third kappa shape index (κ3) is 2.90. The summed E-state index contributed by atoms with van der Waals surface area (Å²) in [5.74, 6) is 0.0954. The van der Waals surface area contributed by atoms with Gasteiger partial charge in [-0.3, -0.25) is 4.79 Å². The molecule has 0 N–H and O–H groups in total. The molecular formula is C19H16NO+. The third-order valence-electron chi connectivity index (χ3n) is 3.46. The highest BCUT2D eigenvalue weighted by Gasteiger charge is 2.29. The van der Waals surface area contributed by atoms with Crippen molar-refractivity contribution in [3.8, 4) is 0 Å². The molecule has 2 heteroatoms. The van der Waals surface area contributed by atoms with Crippen LogP contribution in [-0.2, 0) is 0 Å². The van der Waals surface area contributed by atoms with Crippen molar-refractivity contribution in [1.82, 2.24) is 0 Å². The zero-order chi connectivity index (χ0) is 14.5. The van der Waals surface area contributed by atoms with E-state index < -0.39 is 0 Å². The molecule has 0 aliphatic heterocycles. The topological polar surface area (TPSA) is 20.9 Å². The van der Waals surface area contributed by atoms with E-state index in [4.69, 9.17) is 0 Å². The second kappa shape index (κ2) is 6.14. The van der Waals surface area contributed by atoms with Crippen LogP contribution in [0.5, 0.6) is 0 Å². The summed E-state index contributed by atoms with van der Waals surface area (Å²) >= 11 is 0. The highest BCUT2D eigenvalue weighted by atomic mass is 16.1. The van der Waals surface area contributed by atoms with E-state index in [1.165, 1.54) is 0 Å². The lowest BCUT2D eigenvalue weighted by atomic mass is 9.97. The van der Waals surface area contributed by atoms with Crippen LogP contribution >= 0.6 is 0 Å². The fourth-order valence-corrected chi connectivity index (χ4v) is 2.44. The minimum atomic E-state index is -0.338. The van der Waals surface area contributed by atoms with E-state index in [1.807, 2.05) is 95.8 Å². The quantitative estimate of drug-likeness (QED) is 0.527. The van der Waals surface area contributed by atoms with Gasteiger partial charge in [-0.25, -0.2) is 0 Å². The van der Waals surface area contributed by atoms with Crippen molar-refractivity contribution in [2.45, 2.75) is 6.04 Å². The number of hydrogen-bond acceptors (Lipinski definition) is 1. The first-order valence-electron chi connectivity index (χ1n) is 6.96. The van der Waals surface area contributed by atoms with Crippen molar-refractivity contribution < 1.29 is 9.36 Å². The first-order chi connectivity index (χ1) is 10.4. The summed E-state index contributed by atoms with van der Waals surface area (Å²) < 4.78 is 1.95. The van der Waals surface area contributed by atoms with Crippen LogP contribution in [0.15, 0.2) is 91.3 Å². The average Bonchev–Trinajstić information content (AvgIpc) is 2.58. The summed E-state index contributed by atoms with van der Waals surface area (Å²) in [6.45, 7) is 0. The normalized spacial score (nSPS) is 11.8. The van der Waals surface area contributed by atoms with Crippen molar-refractivity contribution in [2.75, 3.05) is 0 Å². The van der Waals surface area contributed by atoms with Crippen LogP contribution in [0.1, 0.15) is 22.0 Å². The molecule has 3 aromatic rings.